The molecule has 5 nitrogen and oxygen atoms in total. The van der Waals surface area contributed by atoms with Crippen molar-refractivity contribution < 1.29 is 4.79 Å². The maximum atomic E-state index is 13.0. The van der Waals surface area contributed by atoms with E-state index in [-0.39, 0.29) is 17.1 Å². The zero-order chi connectivity index (χ0) is 20.8. The summed E-state index contributed by atoms with van der Waals surface area (Å²) >= 11 is 0. The lowest BCUT2D eigenvalue weighted by Crippen LogP contribution is -2.54. The zero-order valence-electron chi connectivity index (χ0n) is 17.6. The minimum atomic E-state index is -0.178. The Kier molecular flexibility index (Phi) is 4.51. The Morgan fingerprint density at radius 3 is 2.37 bits per heavy atom. The van der Waals surface area contributed by atoms with Crippen molar-refractivity contribution in [2.45, 2.75) is 36.8 Å². The Labute approximate surface area is 177 Å². The Morgan fingerprint density at radius 2 is 1.63 bits per heavy atom. The van der Waals surface area contributed by atoms with Gasteiger partial charge in [-0.25, -0.2) is 4.79 Å². The molecule has 2 heterocycles. The monoisotopic (exact) mass is 400 g/mol. The molecule has 5 heteroatoms. The van der Waals surface area contributed by atoms with Crippen molar-refractivity contribution in [2.24, 2.45) is 0 Å². The molecule has 1 spiro atoms. The minimum Gasteiger partial charge on any atom is -0.330 e. The van der Waals surface area contributed by atoms with Crippen molar-refractivity contribution in [3.05, 3.63) is 72.6 Å². The van der Waals surface area contributed by atoms with Gasteiger partial charge in [-0.2, -0.15) is 0 Å². The van der Waals surface area contributed by atoms with E-state index in [0.29, 0.717) is 6.54 Å². The number of anilines is 1. The first-order chi connectivity index (χ1) is 14.5. The van der Waals surface area contributed by atoms with Gasteiger partial charge >= 0.3 is 6.03 Å². The van der Waals surface area contributed by atoms with Crippen LogP contribution in [-0.4, -0.2) is 42.1 Å². The van der Waals surface area contributed by atoms with Crippen molar-refractivity contribution in [3.8, 4) is 0 Å². The standard InChI is InChI=1S/C25H28N4O/c1-28(2)25(20-9-4-3-5-10-20)14-12-24(13-15-25)18-29(23(30)27-24)22-17-26-16-19-8-6-7-11-21(19)22/h3-11,16-17H,12-15,18H2,1-2H3,(H,27,30)/t24-,25-. The predicted molar refractivity (Wildman–Crippen MR) is 121 cm³/mol. The average Bonchev–Trinajstić information content (AvgIpc) is 3.10. The van der Waals surface area contributed by atoms with E-state index in [2.05, 4.69) is 65.7 Å². The molecule has 2 amide bonds. The maximum Gasteiger partial charge on any atom is 0.322 e. The van der Waals surface area contributed by atoms with Gasteiger partial charge < -0.3 is 5.32 Å². The summed E-state index contributed by atoms with van der Waals surface area (Å²) in [5, 5.41) is 5.48. The lowest BCUT2D eigenvalue weighted by atomic mass is 9.69. The van der Waals surface area contributed by atoms with E-state index in [4.69, 9.17) is 0 Å². The van der Waals surface area contributed by atoms with Crippen LogP contribution in [-0.2, 0) is 5.54 Å². The highest BCUT2D eigenvalue weighted by molar-refractivity contribution is 6.04. The topological polar surface area (TPSA) is 48.5 Å². The molecule has 2 aliphatic rings. The molecule has 0 unspecified atom stereocenters. The van der Waals surface area contributed by atoms with Crippen LogP contribution in [0.15, 0.2) is 67.0 Å². The van der Waals surface area contributed by atoms with E-state index in [1.54, 1.807) is 0 Å². The molecule has 1 aliphatic heterocycles. The van der Waals surface area contributed by atoms with E-state index in [1.165, 1.54) is 5.56 Å². The van der Waals surface area contributed by atoms with E-state index in [0.717, 1.165) is 42.1 Å². The van der Waals surface area contributed by atoms with Gasteiger partial charge in [0.1, 0.15) is 0 Å². The van der Waals surface area contributed by atoms with Crippen LogP contribution >= 0.6 is 0 Å². The fraction of sp³-hybridized carbons (Fsp3) is 0.360. The lowest BCUT2D eigenvalue weighted by Gasteiger charge is -2.48. The average molecular weight is 401 g/mol. The van der Waals surface area contributed by atoms with Gasteiger partial charge in [-0.05, 0) is 45.3 Å². The number of benzene rings is 2. The number of rotatable bonds is 3. The molecule has 0 bridgehead atoms. The summed E-state index contributed by atoms with van der Waals surface area (Å²) in [4.78, 5) is 21.7. The molecule has 1 saturated carbocycles. The number of fused-ring (bicyclic) bond motifs is 1. The second-order valence-electron chi connectivity index (χ2n) is 8.97. The van der Waals surface area contributed by atoms with Crippen LogP contribution in [0.3, 0.4) is 0 Å². The SMILES string of the molecule is CN(C)[C@]1(c2ccccc2)CC[C@@]2(CC1)CN(c1cncc3ccccc13)C(=O)N2. The van der Waals surface area contributed by atoms with Gasteiger partial charge in [-0.15, -0.1) is 0 Å². The van der Waals surface area contributed by atoms with Crippen LogP contribution in [0.25, 0.3) is 10.8 Å². The quantitative estimate of drug-likeness (QED) is 0.702. The lowest BCUT2D eigenvalue weighted by molar-refractivity contribution is 0.0658. The summed E-state index contributed by atoms with van der Waals surface area (Å²) < 4.78 is 0. The Morgan fingerprint density at radius 1 is 0.933 bits per heavy atom. The van der Waals surface area contributed by atoms with Crippen molar-refractivity contribution in [3.63, 3.8) is 0 Å². The summed E-state index contributed by atoms with van der Waals surface area (Å²) in [6.45, 7) is 0.694. The molecule has 3 aromatic rings. The largest absolute Gasteiger partial charge is 0.330 e. The number of urea groups is 1. The number of hydrogen-bond acceptors (Lipinski definition) is 3. The molecule has 5 rings (SSSR count). The van der Waals surface area contributed by atoms with Gasteiger partial charge in [-0.3, -0.25) is 14.8 Å². The van der Waals surface area contributed by atoms with E-state index in [9.17, 15) is 4.79 Å². The molecule has 0 atom stereocenters. The molecular weight excluding hydrogens is 372 g/mol. The summed E-state index contributed by atoms with van der Waals surface area (Å²) in [5.41, 5.74) is 2.10. The molecule has 2 aromatic carbocycles. The fourth-order valence-electron chi connectivity index (χ4n) is 5.39. The molecule has 1 saturated heterocycles. The number of aromatic nitrogens is 1. The highest BCUT2D eigenvalue weighted by Crippen LogP contribution is 2.46. The molecule has 0 radical (unpaired) electrons. The number of hydrogen-bond donors (Lipinski definition) is 1. The fourth-order valence-corrected chi connectivity index (χ4v) is 5.39. The van der Waals surface area contributed by atoms with Gasteiger partial charge in [0.2, 0.25) is 0 Å². The van der Waals surface area contributed by atoms with Crippen molar-refractivity contribution in [2.75, 3.05) is 25.5 Å². The Hall–Kier alpha value is -2.92. The molecule has 1 aliphatic carbocycles. The first kappa shape index (κ1) is 19.1. The Balaban J connectivity index is 1.42. The van der Waals surface area contributed by atoms with E-state index < -0.39 is 0 Å². The number of amides is 2. The van der Waals surface area contributed by atoms with Gasteiger partial charge in [0, 0.05) is 22.5 Å². The van der Waals surface area contributed by atoms with Crippen LogP contribution in [0.5, 0.6) is 0 Å². The molecule has 2 fully saturated rings. The third-order valence-electron chi connectivity index (χ3n) is 7.22. The normalized spacial score (nSPS) is 26.5. The van der Waals surface area contributed by atoms with Gasteiger partial charge in [0.15, 0.2) is 0 Å². The van der Waals surface area contributed by atoms with Crippen molar-refractivity contribution in [1.29, 1.82) is 0 Å². The van der Waals surface area contributed by atoms with Crippen molar-refractivity contribution >= 4 is 22.5 Å². The van der Waals surface area contributed by atoms with E-state index in [1.807, 2.05) is 35.5 Å². The van der Waals surface area contributed by atoms with Crippen LogP contribution in [0.4, 0.5) is 10.5 Å². The third kappa shape index (κ3) is 2.96. The highest BCUT2D eigenvalue weighted by Gasteiger charge is 2.50. The predicted octanol–water partition coefficient (Wildman–Crippen LogP) is 4.53. The summed E-state index contributed by atoms with van der Waals surface area (Å²) in [6, 6.07) is 18.9. The van der Waals surface area contributed by atoms with Crippen LogP contribution in [0.1, 0.15) is 31.2 Å². The zero-order valence-corrected chi connectivity index (χ0v) is 17.6. The van der Waals surface area contributed by atoms with Crippen LogP contribution in [0.2, 0.25) is 0 Å². The Bertz CT molecular complexity index is 1070. The van der Waals surface area contributed by atoms with Crippen LogP contribution < -0.4 is 10.2 Å². The number of nitrogens with zero attached hydrogens (tertiary/aromatic N) is 3. The molecule has 154 valence electrons. The second-order valence-corrected chi connectivity index (χ2v) is 8.97. The minimum absolute atomic E-state index is 0.00906. The van der Waals surface area contributed by atoms with Crippen LogP contribution in [0, 0.1) is 0 Å². The summed E-state index contributed by atoms with van der Waals surface area (Å²) in [5.74, 6) is 0. The third-order valence-corrected chi connectivity index (χ3v) is 7.22. The summed E-state index contributed by atoms with van der Waals surface area (Å²) in [6.07, 6.45) is 7.63. The van der Waals surface area contributed by atoms with E-state index >= 15 is 0 Å². The molecular formula is C25H28N4O. The van der Waals surface area contributed by atoms with Gasteiger partial charge in [-0.1, -0.05) is 54.6 Å². The number of carbonyl (C=O) groups excluding carboxylic acids is 1. The molecule has 1 N–H and O–H groups in total. The smallest absolute Gasteiger partial charge is 0.322 e. The van der Waals surface area contributed by atoms with Gasteiger partial charge in [0.05, 0.1) is 24.0 Å². The number of nitrogens with one attached hydrogen (secondary N) is 1. The maximum absolute atomic E-state index is 13.0. The number of carbonyl (C=O) groups is 1. The first-order valence-corrected chi connectivity index (χ1v) is 10.7. The molecule has 1 aromatic heterocycles. The highest BCUT2D eigenvalue weighted by atomic mass is 16.2. The molecule has 30 heavy (non-hydrogen) atoms. The first-order valence-electron chi connectivity index (χ1n) is 10.7. The van der Waals surface area contributed by atoms with Crippen molar-refractivity contribution in [1.82, 2.24) is 15.2 Å². The summed E-state index contributed by atoms with van der Waals surface area (Å²) in [7, 11) is 4.35. The van der Waals surface area contributed by atoms with Gasteiger partial charge in [0.25, 0.3) is 0 Å². The second kappa shape index (κ2) is 7.10. The number of pyridine rings is 1.